The quantitative estimate of drug-likeness (QED) is 0.788. The second kappa shape index (κ2) is 5.35. The fourth-order valence-corrected chi connectivity index (χ4v) is 2.15. The molecule has 1 aliphatic rings. The molecule has 0 radical (unpaired) electrons. The molecule has 0 bridgehead atoms. The molecule has 0 N–H and O–H groups in total. The van der Waals surface area contributed by atoms with E-state index in [1.165, 1.54) is 0 Å². The number of ether oxygens (including phenoxy) is 1. The van der Waals surface area contributed by atoms with Gasteiger partial charge in [0.2, 0.25) is 0 Å². The first-order valence-electron chi connectivity index (χ1n) is 6.21. The summed E-state index contributed by atoms with van der Waals surface area (Å²) in [5.74, 6) is -1.70. The predicted molar refractivity (Wildman–Crippen MR) is 67.2 cm³/mol. The highest BCUT2D eigenvalue weighted by Crippen LogP contribution is 2.20. The van der Waals surface area contributed by atoms with Gasteiger partial charge in [0.1, 0.15) is 11.6 Å². The van der Waals surface area contributed by atoms with Crippen molar-refractivity contribution < 1.29 is 18.3 Å². The van der Waals surface area contributed by atoms with Gasteiger partial charge in [-0.1, -0.05) is 0 Å². The smallest absolute Gasteiger partial charge is 0.179 e. The van der Waals surface area contributed by atoms with Crippen LogP contribution in [0.5, 0.6) is 0 Å². The highest BCUT2D eigenvalue weighted by molar-refractivity contribution is 5.97. The molecule has 0 aliphatic carbocycles. The van der Waals surface area contributed by atoms with Gasteiger partial charge in [-0.15, -0.1) is 0 Å². The highest BCUT2D eigenvalue weighted by atomic mass is 19.1. The molecule has 0 atom stereocenters. The third kappa shape index (κ3) is 3.16. The molecule has 0 spiro atoms. The molecular weight excluding hydrogens is 252 g/mol. The molecule has 0 aromatic heterocycles. The normalized spacial score (nSPS) is 19.4. The van der Waals surface area contributed by atoms with Crippen molar-refractivity contribution in [2.75, 3.05) is 26.3 Å². The Morgan fingerprint density at radius 3 is 2.84 bits per heavy atom. The van der Waals surface area contributed by atoms with Crippen molar-refractivity contribution in [1.29, 1.82) is 0 Å². The largest absolute Gasteiger partial charge is 0.378 e. The van der Waals surface area contributed by atoms with Crippen molar-refractivity contribution in [2.45, 2.75) is 19.4 Å². The van der Waals surface area contributed by atoms with Crippen LogP contribution in [0, 0.1) is 11.6 Å². The van der Waals surface area contributed by atoms with Gasteiger partial charge < -0.3 is 4.74 Å². The number of Topliss-reactive ketones (excluding diaryl/α,β-unsaturated/α-hetero) is 1. The number of nitrogens with zero attached hydrogens (tertiary/aromatic N) is 1. The van der Waals surface area contributed by atoms with Crippen LogP contribution < -0.4 is 0 Å². The lowest BCUT2D eigenvalue weighted by molar-refractivity contribution is -0.0467. The van der Waals surface area contributed by atoms with Gasteiger partial charge in [-0.2, -0.15) is 0 Å². The third-order valence-electron chi connectivity index (χ3n) is 3.38. The summed E-state index contributed by atoms with van der Waals surface area (Å²) >= 11 is 0. The van der Waals surface area contributed by atoms with E-state index in [9.17, 15) is 13.6 Å². The first-order chi connectivity index (χ1) is 8.90. The van der Waals surface area contributed by atoms with Crippen LogP contribution in [0.25, 0.3) is 0 Å². The van der Waals surface area contributed by atoms with E-state index in [2.05, 4.69) is 0 Å². The van der Waals surface area contributed by atoms with E-state index in [1.54, 1.807) is 0 Å². The lowest BCUT2D eigenvalue weighted by Gasteiger charge is -2.41. The van der Waals surface area contributed by atoms with E-state index >= 15 is 0 Å². The zero-order valence-corrected chi connectivity index (χ0v) is 11.1. The molecule has 1 saturated heterocycles. The SMILES string of the molecule is CC1(C)COCCN1CC(=O)c1cc(F)ccc1F. The van der Waals surface area contributed by atoms with E-state index in [-0.39, 0.29) is 17.6 Å². The van der Waals surface area contributed by atoms with E-state index in [4.69, 9.17) is 4.74 Å². The van der Waals surface area contributed by atoms with Gasteiger partial charge in [0, 0.05) is 12.1 Å². The molecule has 3 nitrogen and oxygen atoms in total. The molecule has 2 rings (SSSR count). The highest BCUT2D eigenvalue weighted by Gasteiger charge is 2.32. The number of benzene rings is 1. The van der Waals surface area contributed by atoms with Crippen molar-refractivity contribution in [3.63, 3.8) is 0 Å². The zero-order chi connectivity index (χ0) is 14.0. The molecule has 1 heterocycles. The van der Waals surface area contributed by atoms with E-state index in [0.717, 1.165) is 18.2 Å². The van der Waals surface area contributed by atoms with Crippen molar-refractivity contribution >= 4 is 5.78 Å². The van der Waals surface area contributed by atoms with Crippen LogP contribution in [-0.2, 0) is 4.74 Å². The summed E-state index contributed by atoms with van der Waals surface area (Å²) in [4.78, 5) is 14.0. The predicted octanol–water partition coefficient (Wildman–Crippen LogP) is 2.26. The molecule has 1 aromatic rings. The fourth-order valence-electron chi connectivity index (χ4n) is 2.15. The Kier molecular flexibility index (Phi) is 3.96. The van der Waals surface area contributed by atoms with Crippen molar-refractivity contribution in [3.05, 3.63) is 35.4 Å². The minimum atomic E-state index is -0.683. The Morgan fingerprint density at radius 1 is 1.42 bits per heavy atom. The third-order valence-corrected chi connectivity index (χ3v) is 3.38. The van der Waals surface area contributed by atoms with Gasteiger partial charge in [-0.25, -0.2) is 8.78 Å². The second-order valence-electron chi connectivity index (χ2n) is 5.33. The molecule has 0 unspecified atom stereocenters. The topological polar surface area (TPSA) is 29.5 Å². The standard InChI is InChI=1S/C14H17F2NO2/c1-14(2)9-19-6-5-17(14)8-13(18)11-7-10(15)3-4-12(11)16/h3-4,7H,5-6,8-9H2,1-2H3. The summed E-state index contributed by atoms with van der Waals surface area (Å²) in [5, 5.41) is 0. The van der Waals surface area contributed by atoms with Crippen LogP contribution in [0.3, 0.4) is 0 Å². The van der Waals surface area contributed by atoms with Gasteiger partial charge in [0.15, 0.2) is 5.78 Å². The Morgan fingerprint density at radius 2 is 2.16 bits per heavy atom. The number of morpholine rings is 1. The first-order valence-corrected chi connectivity index (χ1v) is 6.21. The van der Waals surface area contributed by atoms with E-state index < -0.39 is 17.4 Å². The summed E-state index contributed by atoms with van der Waals surface area (Å²) in [6.45, 7) is 5.66. The monoisotopic (exact) mass is 269 g/mol. The summed E-state index contributed by atoms with van der Waals surface area (Å²) in [7, 11) is 0. The molecular formula is C14H17F2NO2. The number of hydrogen-bond donors (Lipinski definition) is 0. The van der Waals surface area contributed by atoms with Gasteiger partial charge in [0.05, 0.1) is 25.3 Å². The van der Waals surface area contributed by atoms with Gasteiger partial charge in [-0.05, 0) is 32.0 Å². The summed E-state index contributed by atoms with van der Waals surface area (Å²) < 4.78 is 32.0. The number of ketones is 1. The summed E-state index contributed by atoms with van der Waals surface area (Å²) in [6.07, 6.45) is 0. The first kappa shape index (κ1) is 14.1. The lowest BCUT2D eigenvalue weighted by atomic mass is 10.0. The van der Waals surface area contributed by atoms with Crippen LogP contribution >= 0.6 is 0 Å². The summed E-state index contributed by atoms with van der Waals surface area (Å²) in [6, 6.07) is 2.93. The molecule has 0 saturated carbocycles. The number of carbonyl (C=O) groups excluding carboxylic acids is 1. The van der Waals surface area contributed by atoms with Crippen LogP contribution in [0.4, 0.5) is 8.78 Å². The molecule has 5 heteroatoms. The molecule has 19 heavy (non-hydrogen) atoms. The van der Waals surface area contributed by atoms with Crippen LogP contribution in [0.2, 0.25) is 0 Å². The average Bonchev–Trinajstić information content (AvgIpc) is 2.34. The molecule has 104 valence electrons. The number of halogens is 2. The zero-order valence-electron chi connectivity index (χ0n) is 11.1. The minimum Gasteiger partial charge on any atom is -0.378 e. The Bertz CT molecular complexity index is 488. The van der Waals surface area contributed by atoms with Crippen LogP contribution in [0.1, 0.15) is 24.2 Å². The Hall–Kier alpha value is -1.33. The minimum absolute atomic E-state index is 0.0662. The average molecular weight is 269 g/mol. The van der Waals surface area contributed by atoms with Crippen molar-refractivity contribution in [2.24, 2.45) is 0 Å². The second-order valence-corrected chi connectivity index (χ2v) is 5.33. The Labute approximate surface area is 111 Å². The molecule has 1 aliphatic heterocycles. The molecule has 1 aromatic carbocycles. The maximum atomic E-state index is 13.5. The van der Waals surface area contributed by atoms with Gasteiger partial charge in [-0.3, -0.25) is 9.69 Å². The van der Waals surface area contributed by atoms with Crippen LogP contribution in [-0.4, -0.2) is 42.5 Å². The lowest BCUT2D eigenvalue weighted by Crippen LogP contribution is -2.54. The van der Waals surface area contributed by atoms with Crippen molar-refractivity contribution in [1.82, 2.24) is 4.90 Å². The number of carbonyl (C=O) groups is 1. The number of rotatable bonds is 3. The summed E-state index contributed by atoms with van der Waals surface area (Å²) in [5.41, 5.74) is -0.472. The van der Waals surface area contributed by atoms with Gasteiger partial charge in [0.25, 0.3) is 0 Å². The molecule has 1 fully saturated rings. The Balaban J connectivity index is 2.14. The maximum Gasteiger partial charge on any atom is 0.179 e. The van der Waals surface area contributed by atoms with Crippen LogP contribution in [0.15, 0.2) is 18.2 Å². The van der Waals surface area contributed by atoms with Gasteiger partial charge >= 0.3 is 0 Å². The maximum absolute atomic E-state index is 13.5. The number of hydrogen-bond acceptors (Lipinski definition) is 3. The molecule has 0 amide bonds. The van der Waals surface area contributed by atoms with E-state index in [1.807, 2.05) is 18.7 Å². The fraction of sp³-hybridized carbons (Fsp3) is 0.500. The van der Waals surface area contributed by atoms with E-state index in [0.29, 0.717) is 19.8 Å². The van der Waals surface area contributed by atoms with Crippen molar-refractivity contribution in [3.8, 4) is 0 Å².